The van der Waals surface area contributed by atoms with Crippen LogP contribution in [0, 0.1) is 0 Å². The van der Waals surface area contributed by atoms with Crippen LogP contribution in [0.3, 0.4) is 0 Å². The van der Waals surface area contributed by atoms with Crippen molar-refractivity contribution in [3.05, 3.63) is 35.6 Å². The molecule has 6 heteroatoms. The van der Waals surface area contributed by atoms with Gasteiger partial charge in [0.05, 0.1) is 0 Å². The Balaban J connectivity index is 1.45. The number of nitrogens with zero attached hydrogens (tertiary/aromatic N) is 5. The first kappa shape index (κ1) is 13.1. The fourth-order valence-corrected chi connectivity index (χ4v) is 3.33. The maximum atomic E-state index is 5.98. The first-order valence-corrected chi connectivity index (χ1v) is 7.95. The summed E-state index contributed by atoms with van der Waals surface area (Å²) in [4.78, 5) is 6.42. The van der Waals surface area contributed by atoms with Gasteiger partial charge in [-0.2, -0.15) is 0 Å². The molecule has 0 spiro atoms. The van der Waals surface area contributed by atoms with E-state index in [1.807, 2.05) is 18.5 Å². The van der Waals surface area contributed by atoms with Crippen LogP contribution in [0.1, 0.15) is 43.5 Å². The molecular formula is C15H18ClN5. The molecule has 1 aliphatic heterocycles. The van der Waals surface area contributed by atoms with E-state index in [1.165, 1.54) is 18.7 Å². The smallest absolute Gasteiger partial charge is 0.136 e. The Morgan fingerprint density at radius 1 is 1.14 bits per heavy atom. The van der Waals surface area contributed by atoms with Gasteiger partial charge in [0.2, 0.25) is 0 Å². The van der Waals surface area contributed by atoms with Gasteiger partial charge >= 0.3 is 0 Å². The van der Waals surface area contributed by atoms with E-state index in [4.69, 9.17) is 11.6 Å². The Bertz CT molecular complexity index is 628. The molecule has 0 bridgehead atoms. The van der Waals surface area contributed by atoms with Gasteiger partial charge in [0, 0.05) is 36.9 Å². The third kappa shape index (κ3) is 2.62. The van der Waals surface area contributed by atoms with Gasteiger partial charge in [0.25, 0.3) is 0 Å². The Morgan fingerprint density at radius 2 is 1.95 bits per heavy atom. The molecule has 2 aromatic rings. The summed E-state index contributed by atoms with van der Waals surface area (Å²) >= 11 is 5.98. The number of anilines is 1. The Hall–Kier alpha value is -1.62. The number of halogens is 1. The minimum atomic E-state index is 0.529. The SMILES string of the molecule is Clc1cc(N2CCC(c3nncn3C3CC3)CC2)ccn1. The van der Waals surface area contributed by atoms with Crippen molar-refractivity contribution in [2.75, 3.05) is 18.0 Å². The summed E-state index contributed by atoms with van der Waals surface area (Å²) in [5, 5.41) is 9.06. The molecule has 2 aromatic heterocycles. The third-order valence-corrected chi connectivity index (χ3v) is 4.68. The number of piperidine rings is 1. The van der Waals surface area contributed by atoms with E-state index in [-0.39, 0.29) is 0 Å². The maximum absolute atomic E-state index is 5.98. The summed E-state index contributed by atoms with van der Waals surface area (Å²) in [5.74, 6) is 1.71. The number of pyridine rings is 1. The lowest BCUT2D eigenvalue weighted by atomic mass is 9.95. The summed E-state index contributed by atoms with van der Waals surface area (Å²) in [7, 11) is 0. The van der Waals surface area contributed by atoms with E-state index >= 15 is 0 Å². The molecule has 3 heterocycles. The molecule has 5 nitrogen and oxygen atoms in total. The van der Waals surface area contributed by atoms with Crippen LogP contribution in [-0.2, 0) is 0 Å². The lowest BCUT2D eigenvalue weighted by Gasteiger charge is -2.33. The van der Waals surface area contributed by atoms with Crippen LogP contribution in [-0.4, -0.2) is 32.8 Å². The summed E-state index contributed by atoms with van der Waals surface area (Å²) in [6, 6.07) is 4.63. The molecule has 2 fully saturated rings. The second kappa shape index (κ2) is 5.30. The van der Waals surface area contributed by atoms with Crippen LogP contribution >= 0.6 is 11.6 Å². The Morgan fingerprint density at radius 3 is 2.67 bits per heavy atom. The fraction of sp³-hybridized carbons (Fsp3) is 0.533. The standard InChI is InChI=1S/C15H18ClN5/c16-14-9-13(3-6-17-14)20-7-4-11(5-8-20)15-19-18-10-21(15)12-1-2-12/h3,6,9-12H,1-2,4-5,7-8H2. The van der Waals surface area contributed by atoms with Gasteiger partial charge in [0.1, 0.15) is 17.3 Å². The van der Waals surface area contributed by atoms with Crippen molar-refractivity contribution in [3.63, 3.8) is 0 Å². The average Bonchev–Trinajstić information content (AvgIpc) is 3.25. The van der Waals surface area contributed by atoms with Crippen LogP contribution < -0.4 is 4.90 Å². The second-order valence-corrected chi connectivity index (χ2v) is 6.31. The van der Waals surface area contributed by atoms with E-state index < -0.39 is 0 Å². The Labute approximate surface area is 129 Å². The predicted molar refractivity (Wildman–Crippen MR) is 81.7 cm³/mol. The highest BCUT2D eigenvalue weighted by atomic mass is 35.5. The monoisotopic (exact) mass is 303 g/mol. The van der Waals surface area contributed by atoms with Crippen LogP contribution in [0.4, 0.5) is 5.69 Å². The van der Waals surface area contributed by atoms with Gasteiger partial charge in [-0.1, -0.05) is 11.6 Å². The molecule has 0 N–H and O–H groups in total. The largest absolute Gasteiger partial charge is 0.371 e. The van der Waals surface area contributed by atoms with Crippen LogP contribution in [0.5, 0.6) is 0 Å². The zero-order chi connectivity index (χ0) is 14.2. The highest BCUT2D eigenvalue weighted by Gasteiger charge is 2.31. The Kier molecular flexibility index (Phi) is 3.30. The van der Waals surface area contributed by atoms with E-state index in [0.29, 0.717) is 17.1 Å². The molecule has 4 rings (SSSR count). The highest BCUT2D eigenvalue weighted by Crippen LogP contribution is 2.38. The van der Waals surface area contributed by atoms with Crippen LogP contribution in [0.2, 0.25) is 5.15 Å². The third-order valence-electron chi connectivity index (χ3n) is 4.48. The van der Waals surface area contributed by atoms with Gasteiger partial charge in [-0.05, 0) is 37.8 Å². The van der Waals surface area contributed by atoms with E-state index in [2.05, 4.69) is 24.6 Å². The molecule has 0 aromatic carbocycles. The molecule has 21 heavy (non-hydrogen) atoms. The molecule has 2 aliphatic rings. The molecule has 1 saturated heterocycles. The lowest BCUT2D eigenvalue weighted by molar-refractivity contribution is 0.465. The van der Waals surface area contributed by atoms with Crippen LogP contribution in [0.25, 0.3) is 0 Å². The lowest BCUT2D eigenvalue weighted by Crippen LogP contribution is -2.33. The van der Waals surface area contributed by atoms with Crippen molar-refractivity contribution in [1.82, 2.24) is 19.7 Å². The van der Waals surface area contributed by atoms with E-state index in [1.54, 1.807) is 6.20 Å². The van der Waals surface area contributed by atoms with Crippen molar-refractivity contribution in [2.24, 2.45) is 0 Å². The zero-order valence-electron chi connectivity index (χ0n) is 11.8. The van der Waals surface area contributed by atoms with E-state index in [9.17, 15) is 0 Å². The molecular weight excluding hydrogens is 286 g/mol. The first-order valence-electron chi connectivity index (χ1n) is 7.57. The maximum Gasteiger partial charge on any atom is 0.136 e. The molecule has 110 valence electrons. The predicted octanol–water partition coefficient (Wildman–Crippen LogP) is 3.05. The number of hydrogen-bond acceptors (Lipinski definition) is 4. The fourth-order valence-electron chi connectivity index (χ4n) is 3.16. The van der Waals surface area contributed by atoms with Crippen molar-refractivity contribution < 1.29 is 0 Å². The van der Waals surface area contributed by atoms with Gasteiger partial charge in [0.15, 0.2) is 0 Å². The average molecular weight is 304 g/mol. The van der Waals surface area contributed by atoms with Crippen molar-refractivity contribution >= 4 is 17.3 Å². The molecule has 0 amide bonds. The minimum absolute atomic E-state index is 0.529. The summed E-state index contributed by atoms with van der Waals surface area (Å²) < 4.78 is 2.30. The van der Waals surface area contributed by atoms with Gasteiger partial charge < -0.3 is 9.47 Å². The number of hydrogen-bond donors (Lipinski definition) is 0. The van der Waals surface area contributed by atoms with Gasteiger partial charge in [-0.3, -0.25) is 0 Å². The summed E-state index contributed by atoms with van der Waals surface area (Å²) in [6.07, 6.45) is 8.46. The topological polar surface area (TPSA) is 46.8 Å². The second-order valence-electron chi connectivity index (χ2n) is 5.93. The molecule has 1 saturated carbocycles. The summed E-state index contributed by atoms with van der Waals surface area (Å²) in [5.41, 5.74) is 1.16. The first-order chi connectivity index (χ1) is 10.3. The van der Waals surface area contributed by atoms with Crippen molar-refractivity contribution in [1.29, 1.82) is 0 Å². The molecule has 0 radical (unpaired) electrons. The normalized spacial score (nSPS) is 20.0. The molecule has 1 aliphatic carbocycles. The number of rotatable bonds is 3. The number of aromatic nitrogens is 4. The van der Waals surface area contributed by atoms with Crippen LogP contribution in [0.15, 0.2) is 24.7 Å². The highest BCUT2D eigenvalue weighted by molar-refractivity contribution is 6.29. The van der Waals surface area contributed by atoms with Crippen molar-refractivity contribution in [2.45, 2.75) is 37.6 Å². The quantitative estimate of drug-likeness (QED) is 0.818. The van der Waals surface area contributed by atoms with Gasteiger partial charge in [-0.25, -0.2) is 4.98 Å². The molecule has 0 atom stereocenters. The van der Waals surface area contributed by atoms with E-state index in [0.717, 1.165) is 31.6 Å². The summed E-state index contributed by atoms with van der Waals surface area (Å²) in [6.45, 7) is 2.06. The van der Waals surface area contributed by atoms with Gasteiger partial charge in [-0.15, -0.1) is 10.2 Å². The minimum Gasteiger partial charge on any atom is -0.371 e. The zero-order valence-corrected chi connectivity index (χ0v) is 12.6. The molecule has 0 unspecified atom stereocenters. The van der Waals surface area contributed by atoms with Crippen molar-refractivity contribution in [3.8, 4) is 0 Å².